The largest absolute Gasteiger partial charge is 0.315 e. The Labute approximate surface area is 126 Å². The van der Waals surface area contributed by atoms with E-state index in [1.807, 2.05) is 16.4 Å². The third-order valence-corrected chi connectivity index (χ3v) is 5.28. The Balaban J connectivity index is 1.81. The van der Waals surface area contributed by atoms with E-state index in [1.165, 1.54) is 32.1 Å². The van der Waals surface area contributed by atoms with E-state index in [9.17, 15) is 0 Å². The van der Waals surface area contributed by atoms with Crippen molar-refractivity contribution < 1.29 is 0 Å². The molecule has 0 aliphatic heterocycles. The highest BCUT2D eigenvalue weighted by molar-refractivity contribution is 7.99. The van der Waals surface area contributed by atoms with Gasteiger partial charge in [0, 0.05) is 11.8 Å². The topological polar surface area (TPSA) is 55.6 Å². The molecule has 1 aromatic rings. The Morgan fingerprint density at radius 3 is 3.00 bits per heavy atom. The average Bonchev–Trinajstić information content (AvgIpc) is 2.91. The molecular weight excluding hydrogens is 270 g/mol. The molecule has 0 radical (unpaired) electrons. The lowest BCUT2D eigenvalue weighted by Crippen LogP contribution is -2.22. The molecule has 2 rings (SSSR count). The van der Waals surface area contributed by atoms with Gasteiger partial charge in [-0.2, -0.15) is 0 Å². The number of tetrazole rings is 1. The molecule has 0 aromatic carbocycles. The lowest BCUT2D eigenvalue weighted by atomic mass is 9.87. The summed E-state index contributed by atoms with van der Waals surface area (Å²) >= 11 is 1.88. The van der Waals surface area contributed by atoms with Gasteiger partial charge >= 0.3 is 0 Å². The summed E-state index contributed by atoms with van der Waals surface area (Å²) in [6, 6.07) is 0. The van der Waals surface area contributed by atoms with Crippen molar-refractivity contribution in [1.29, 1.82) is 0 Å². The minimum absolute atomic E-state index is 0.696. The zero-order chi connectivity index (χ0) is 14.2. The van der Waals surface area contributed by atoms with Crippen LogP contribution in [-0.2, 0) is 6.54 Å². The molecule has 6 heteroatoms. The zero-order valence-corrected chi connectivity index (χ0v) is 13.5. The first kappa shape index (κ1) is 15.8. The third-order valence-electron chi connectivity index (χ3n) is 4.01. The van der Waals surface area contributed by atoms with E-state index in [0.29, 0.717) is 5.25 Å². The van der Waals surface area contributed by atoms with Gasteiger partial charge in [0.25, 0.3) is 0 Å². The van der Waals surface area contributed by atoms with Crippen molar-refractivity contribution in [2.75, 3.05) is 13.1 Å². The van der Waals surface area contributed by atoms with Crippen LogP contribution in [0.4, 0.5) is 0 Å². The van der Waals surface area contributed by atoms with Gasteiger partial charge in [0.2, 0.25) is 5.16 Å². The number of thioether (sulfide) groups is 1. The molecule has 5 nitrogen and oxygen atoms in total. The van der Waals surface area contributed by atoms with Crippen LogP contribution >= 0.6 is 11.8 Å². The van der Waals surface area contributed by atoms with Crippen LogP contribution in [0.5, 0.6) is 0 Å². The molecule has 0 saturated heterocycles. The van der Waals surface area contributed by atoms with Crippen molar-refractivity contribution in [3.8, 4) is 0 Å². The maximum atomic E-state index is 4.20. The van der Waals surface area contributed by atoms with Crippen LogP contribution in [-0.4, -0.2) is 38.5 Å². The van der Waals surface area contributed by atoms with E-state index >= 15 is 0 Å². The number of hydrogen-bond donors (Lipinski definition) is 1. The van der Waals surface area contributed by atoms with Crippen LogP contribution in [0.2, 0.25) is 0 Å². The Morgan fingerprint density at radius 2 is 2.20 bits per heavy atom. The van der Waals surface area contributed by atoms with E-state index in [0.717, 1.165) is 37.1 Å². The molecule has 0 spiro atoms. The van der Waals surface area contributed by atoms with Gasteiger partial charge in [0.15, 0.2) is 0 Å². The summed E-state index contributed by atoms with van der Waals surface area (Å²) in [7, 11) is 0. The summed E-state index contributed by atoms with van der Waals surface area (Å²) in [5, 5.41) is 17.2. The van der Waals surface area contributed by atoms with Gasteiger partial charge in [-0.05, 0) is 42.2 Å². The van der Waals surface area contributed by atoms with Gasteiger partial charge in [-0.25, -0.2) is 4.68 Å². The zero-order valence-electron chi connectivity index (χ0n) is 12.7. The van der Waals surface area contributed by atoms with Crippen molar-refractivity contribution in [1.82, 2.24) is 25.5 Å². The average molecular weight is 297 g/mol. The van der Waals surface area contributed by atoms with Gasteiger partial charge < -0.3 is 5.32 Å². The van der Waals surface area contributed by atoms with Crippen molar-refractivity contribution in [3.63, 3.8) is 0 Å². The van der Waals surface area contributed by atoms with Gasteiger partial charge in [0.05, 0.1) is 6.54 Å². The maximum Gasteiger partial charge on any atom is 0.209 e. The van der Waals surface area contributed by atoms with E-state index in [2.05, 4.69) is 34.7 Å². The Bertz CT molecular complexity index is 381. The second-order valence-corrected chi connectivity index (χ2v) is 6.88. The van der Waals surface area contributed by atoms with Crippen molar-refractivity contribution in [2.45, 2.75) is 69.3 Å². The fourth-order valence-corrected chi connectivity index (χ4v) is 4.06. The maximum absolute atomic E-state index is 4.20. The summed E-state index contributed by atoms with van der Waals surface area (Å²) in [5.41, 5.74) is 0. The molecule has 1 aromatic heterocycles. The highest BCUT2D eigenvalue weighted by Crippen LogP contribution is 2.36. The van der Waals surface area contributed by atoms with Gasteiger partial charge in [-0.1, -0.05) is 44.9 Å². The SMILES string of the molecule is CCCNCCn1nnnc1SC1CCCC(CC)C1. The molecule has 1 heterocycles. The molecule has 1 fully saturated rings. The number of aromatic nitrogens is 4. The second kappa shape index (κ2) is 8.62. The molecule has 1 N–H and O–H groups in total. The van der Waals surface area contributed by atoms with E-state index in [1.54, 1.807) is 0 Å². The smallest absolute Gasteiger partial charge is 0.209 e. The number of hydrogen-bond acceptors (Lipinski definition) is 5. The minimum Gasteiger partial charge on any atom is -0.315 e. The Hall–Kier alpha value is -0.620. The molecule has 114 valence electrons. The number of nitrogens with one attached hydrogen (secondary N) is 1. The Morgan fingerprint density at radius 1 is 1.30 bits per heavy atom. The summed E-state index contributed by atoms with van der Waals surface area (Å²) in [5.74, 6) is 0.900. The molecule has 0 bridgehead atoms. The fraction of sp³-hybridized carbons (Fsp3) is 0.929. The van der Waals surface area contributed by atoms with Gasteiger partial charge in [-0.3, -0.25) is 0 Å². The molecular formula is C14H27N5S. The first-order valence-corrected chi connectivity index (χ1v) is 8.85. The van der Waals surface area contributed by atoms with Crippen LogP contribution < -0.4 is 5.32 Å². The van der Waals surface area contributed by atoms with Crippen LogP contribution in [0.15, 0.2) is 5.16 Å². The van der Waals surface area contributed by atoms with Gasteiger partial charge in [0.1, 0.15) is 0 Å². The monoisotopic (exact) mass is 297 g/mol. The summed E-state index contributed by atoms with van der Waals surface area (Å²) in [6.07, 6.45) is 7.86. The molecule has 1 saturated carbocycles. The van der Waals surface area contributed by atoms with Crippen LogP contribution in [0, 0.1) is 5.92 Å². The molecule has 2 atom stereocenters. The number of rotatable bonds is 8. The molecule has 1 aliphatic rings. The highest BCUT2D eigenvalue weighted by Gasteiger charge is 2.23. The lowest BCUT2D eigenvalue weighted by Gasteiger charge is -2.27. The summed E-state index contributed by atoms with van der Waals surface area (Å²) in [4.78, 5) is 0. The molecule has 1 aliphatic carbocycles. The van der Waals surface area contributed by atoms with Crippen molar-refractivity contribution >= 4 is 11.8 Å². The van der Waals surface area contributed by atoms with Crippen LogP contribution in [0.3, 0.4) is 0 Å². The third kappa shape index (κ3) is 4.74. The van der Waals surface area contributed by atoms with Crippen LogP contribution in [0.1, 0.15) is 52.4 Å². The highest BCUT2D eigenvalue weighted by atomic mass is 32.2. The lowest BCUT2D eigenvalue weighted by molar-refractivity contribution is 0.356. The van der Waals surface area contributed by atoms with Crippen molar-refractivity contribution in [3.05, 3.63) is 0 Å². The predicted molar refractivity (Wildman–Crippen MR) is 82.9 cm³/mol. The van der Waals surface area contributed by atoms with Crippen LogP contribution in [0.25, 0.3) is 0 Å². The standard InChI is InChI=1S/C14H27N5S/c1-3-8-15-9-10-19-14(16-17-18-19)20-13-7-5-6-12(4-2)11-13/h12-13,15H,3-11H2,1-2H3. The first-order chi connectivity index (χ1) is 9.83. The second-order valence-electron chi connectivity index (χ2n) is 5.62. The van der Waals surface area contributed by atoms with E-state index < -0.39 is 0 Å². The van der Waals surface area contributed by atoms with E-state index in [4.69, 9.17) is 0 Å². The molecule has 2 unspecified atom stereocenters. The quantitative estimate of drug-likeness (QED) is 0.748. The van der Waals surface area contributed by atoms with Crippen molar-refractivity contribution in [2.24, 2.45) is 5.92 Å². The molecule has 20 heavy (non-hydrogen) atoms. The first-order valence-electron chi connectivity index (χ1n) is 7.97. The Kier molecular flexibility index (Phi) is 6.79. The summed E-state index contributed by atoms with van der Waals surface area (Å²) < 4.78 is 1.95. The fourth-order valence-electron chi connectivity index (χ4n) is 2.78. The number of nitrogens with zero attached hydrogens (tertiary/aromatic N) is 4. The minimum atomic E-state index is 0.696. The molecule has 0 amide bonds. The summed E-state index contributed by atoms with van der Waals surface area (Å²) in [6.45, 7) is 7.35. The van der Waals surface area contributed by atoms with Gasteiger partial charge in [-0.15, -0.1) is 5.10 Å². The van der Waals surface area contributed by atoms with E-state index in [-0.39, 0.29) is 0 Å². The predicted octanol–water partition coefficient (Wildman–Crippen LogP) is 2.73. The normalized spacial score (nSPS) is 23.1.